The normalized spacial score (nSPS) is 25.0. The van der Waals surface area contributed by atoms with Gasteiger partial charge in [-0.3, -0.25) is 4.79 Å². The van der Waals surface area contributed by atoms with Crippen molar-refractivity contribution in [2.75, 3.05) is 19.8 Å². The van der Waals surface area contributed by atoms with Crippen molar-refractivity contribution in [1.29, 1.82) is 0 Å². The van der Waals surface area contributed by atoms with Crippen LogP contribution in [0.2, 0.25) is 0 Å². The number of ketones is 1. The maximum atomic E-state index is 12.8. The molecule has 2 aliphatic heterocycles. The first-order valence-electron chi connectivity index (χ1n) is 7.62. The van der Waals surface area contributed by atoms with Crippen LogP contribution in [-0.4, -0.2) is 31.2 Å². The minimum absolute atomic E-state index is 0.0656. The zero-order valence-corrected chi connectivity index (χ0v) is 13.9. The topological polar surface area (TPSA) is 35.5 Å². The first-order chi connectivity index (χ1) is 10.1. The van der Waals surface area contributed by atoms with Gasteiger partial charge in [0.15, 0.2) is 5.78 Å². The average molecular weight is 353 g/mol. The van der Waals surface area contributed by atoms with Crippen LogP contribution in [0.1, 0.15) is 41.6 Å². The number of aryl methyl sites for hydroxylation is 1. The number of rotatable bonds is 2. The van der Waals surface area contributed by atoms with E-state index >= 15 is 0 Å². The van der Waals surface area contributed by atoms with Crippen LogP contribution in [0.25, 0.3) is 0 Å². The SMILES string of the molecule is Cc1ccc(C(=O)C2CCOC3(CCOCC3)C2)c(Br)c1. The molecule has 2 heterocycles. The lowest BCUT2D eigenvalue weighted by Crippen LogP contribution is -2.45. The van der Waals surface area contributed by atoms with E-state index in [-0.39, 0.29) is 17.3 Å². The molecule has 1 unspecified atom stereocenters. The van der Waals surface area contributed by atoms with E-state index < -0.39 is 0 Å². The summed E-state index contributed by atoms with van der Waals surface area (Å²) >= 11 is 3.53. The number of carbonyl (C=O) groups excluding carboxylic acids is 1. The number of ether oxygens (including phenoxy) is 2. The van der Waals surface area contributed by atoms with Crippen LogP contribution >= 0.6 is 15.9 Å². The summed E-state index contributed by atoms with van der Waals surface area (Å²) in [4.78, 5) is 12.8. The van der Waals surface area contributed by atoms with Crippen molar-refractivity contribution < 1.29 is 14.3 Å². The van der Waals surface area contributed by atoms with E-state index in [2.05, 4.69) is 15.9 Å². The van der Waals surface area contributed by atoms with E-state index in [1.54, 1.807) is 0 Å². The second-order valence-electron chi connectivity index (χ2n) is 6.18. The summed E-state index contributed by atoms with van der Waals surface area (Å²) in [5.74, 6) is 0.312. The molecule has 2 fully saturated rings. The van der Waals surface area contributed by atoms with E-state index in [9.17, 15) is 4.79 Å². The molecule has 1 aromatic rings. The van der Waals surface area contributed by atoms with Crippen LogP contribution in [0.15, 0.2) is 22.7 Å². The van der Waals surface area contributed by atoms with E-state index in [0.717, 1.165) is 54.5 Å². The van der Waals surface area contributed by atoms with Crippen LogP contribution in [-0.2, 0) is 9.47 Å². The van der Waals surface area contributed by atoms with Crippen molar-refractivity contribution in [2.45, 2.75) is 38.2 Å². The van der Waals surface area contributed by atoms with Gasteiger partial charge in [0.2, 0.25) is 0 Å². The minimum atomic E-state index is -0.131. The molecule has 0 aliphatic carbocycles. The Morgan fingerprint density at radius 2 is 2.05 bits per heavy atom. The fourth-order valence-electron chi connectivity index (χ4n) is 3.38. The lowest BCUT2D eigenvalue weighted by atomic mass is 9.78. The zero-order valence-electron chi connectivity index (χ0n) is 12.4. The Morgan fingerprint density at radius 3 is 2.76 bits per heavy atom. The molecule has 0 aromatic heterocycles. The highest BCUT2D eigenvalue weighted by molar-refractivity contribution is 9.10. The van der Waals surface area contributed by atoms with E-state index in [1.165, 1.54) is 0 Å². The highest BCUT2D eigenvalue weighted by Crippen LogP contribution is 2.38. The maximum Gasteiger partial charge on any atom is 0.167 e. The third-order valence-electron chi connectivity index (χ3n) is 4.66. The van der Waals surface area contributed by atoms with E-state index in [1.807, 2.05) is 25.1 Å². The smallest absolute Gasteiger partial charge is 0.167 e. The number of hydrogen-bond donors (Lipinski definition) is 0. The quantitative estimate of drug-likeness (QED) is 0.756. The van der Waals surface area contributed by atoms with Crippen molar-refractivity contribution in [1.82, 2.24) is 0 Å². The second kappa shape index (κ2) is 6.19. The number of hydrogen-bond acceptors (Lipinski definition) is 3. The minimum Gasteiger partial charge on any atom is -0.381 e. The first kappa shape index (κ1) is 15.2. The molecule has 0 saturated carbocycles. The highest BCUT2D eigenvalue weighted by Gasteiger charge is 2.41. The molecule has 1 atom stereocenters. The predicted molar refractivity (Wildman–Crippen MR) is 84.7 cm³/mol. The Kier molecular flexibility index (Phi) is 4.48. The van der Waals surface area contributed by atoms with Gasteiger partial charge in [0.1, 0.15) is 0 Å². The van der Waals surface area contributed by atoms with Crippen molar-refractivity contribution >= 4 is 21.7 Å². The largest absolute Gasteiger partial charge is 0.381 e. The van der Waals surface area contributed by atoms with Gasteiger partial charge >= 0.3 is 0 Å². The molecule has 1 aromatic carbocycles. The monoisotopic (exact) mass is 352 g/mol. The number of benzene rings is 1. The van der Waals surface area contributed by atoms with Gasteiger partial charge in [0.25, 0.3) is 0 Å². The van der Waals surface area contributed by atoms with Gasteiger partial charge in [-0.15, -0.1) is 0 Å². The van der Waals surface area contributed by atoms with Crippen LogP contribution in [0, 0.1) is 12.8 Å². The zero-order chi connectivity index (χ0) is 14.9. The fourth-order valence-corrected chi connectivity index (χ4v) is 4.07. The fraction of sp³-hybridized carbons (Fsp3) is 0.588. The Bertz CT molecular complexity index is 529. The second-order valence-corrected chi connectivity index (χ2v) is 7.04. The summed E-state index contributed by atoms with van der Waals surface area (Å²) in [7, 11) is 0. The summed E-state index contributed by atoms with van der Waals surface area (Å²) in [6, 6.07) is 5.95. The van der Waals surface area contributed by atoms with Crippen molar-refractivity contribution in [2.24, 2.45) is 5.92 Å². The predicted octanol–water partition coefficient (Wildman–Crippen LogP) is 3.92. The summed E-state index contributed by atoms with van der Waals surface area (Å²) < 4.78 is 12.4. The number of halogens is 1. The van der Waals surface area contributed by atoms with Gasteiger partial charge in [-0.25, -0.2) is 0 Å². The Morgan fingerprint density at radius 1 is 1.29 bits per heavy atom. The van der Waals surface area contributed by atoms with Gasteiger partial charge in [-0.1, -0.05) is 22.0 Å². The van der Waals surface area contributed by atoms with Gasteiger partial charge in [0.05, 0.1) is 5.60 Å². The molecule has 21 heavy (non-hydrogen) atoms. The molecule has 3 nitrogen and oxygen atoms in total. The van der Waals surface area contributed by atoms with Gasteiger partial charge in [-0.2, -0.15) is 0 Å². The molecular formula is C17H21BrO3. The van der Waals surface area contributed by atoms with E-state index in [0.29, 0.717) is 6.61 Å². The molecule has 0 amide bonds. The third kappa shape index (κ3) is 3.22. The van der Waals surface area contributed by atoms with Crippen molar-refractivity contribution in [3.8, 4) is 0 Å². The third-order valence-corrected chi connectivity index (χ3v) is 5.31. The Labute approximate surface area is 134 Å². The lowest BCUT2D eigenvalue weighted by molar-refractivity contribution is -0.142. The number of Topliss-reactive ketones (excluding diaryl/α,β-unsaturated/α-hetero) is 1. The standard InChI is InChI=1S/C17H21BrO3/c1-12-2-3-14(15(18)10-12)16(19)13-4-7-21-17(11-13)5-8-20-9-6-17/h2-3,10,13H,4-9,11H2,1H3. The molecule has 114 valence electrons. The molecule has 0 bridgehead atoms. The number of carbonyl (C=O) groups is 1. The molecule has 1 spiro atoms. The van der Waals surface area contributed by atoms with Crippen molar-refractivity contribution in [3.05, 3.63) is 33.8 Å². The maximum absolute atomic E-state index is 12.8. The van der Waals surface area contributed by atoms with Crippen LogP contribution < -0.4 is 0 Å². The average Bonchev–Trinajstić information content (AvgIpc) is 2.47. The molecule has 0 N–H and O–H groups in total. The molecular weight excluding hydrogens is 332 g/mol. The summed E-state index contributed by atoms with van der Waals surface area (Å²) in [5, 5.41) is 0. The first-order valence-corrected chi connectivity index (χ1v) is 8.41. The van der Waals surface area contributed by atoms with Crippen LogP contribution in [0.4, 0.5) is 0 Å². The molecule has 2 aliphatic rings. The highest BCUT2D eigenvalue weighted by atomic mass is 79.9. The van der Waals surface area contributed by atoms with Crippen LogP contribution in [0.5, 0.6) is 0 Å². The van der Waals surface area contributed by atoms with E-state index in [4.69, 9.17) is 9.47 Å². The summed E-state index contributed by atoms with van der Waals surface area (Å²) in [6.45, 7) is 4.20. The van der Waals surface area contributed by atoms with Crippen molar-refractivity contribution in [3.63, 3.8) is 0 Å². The summed E-state index contributed by atoms with van der Waals surface area (Å²) in [5.41, 5.74) is 1.83. The summed E-state index contributed by atoms with van der Waals surface area (Å²) in [6.07, 6.45) is 3.47. The molecule has 4 heteroatoms. The van der Waals surface area contributed by atoms with Gasteiger partial charge < -0.3 is 9.47 Å². The Hall–Kier alpha value is -0.710. The van der Waals surface area contributed by atoms with Gasteiger partial charge in [0, 0.05) is 35.8 Å². The lowest BCUT2D eigenvalue weighted by Gasteiger charge is -2.43. The van der Waals surface area contributed by atoms with Crippen LogP contribution in [0.3, 0.4) is 0 Å². The van der Waals surface area contributed by atoms with Gasteiger partial charge in [-0.05, 0) is 50.3 Å². The Balaban J connectivity index is 1.77. The molecule has 0 radical (unpaired) electrons. The molecule has 3 rings (SSSR count). The molecule has 2 saturated heterocycles.